The largest absolute Gasteiger partial charge is 0.490 e. The minimum atomic E-state index is 0.208. The smallest absolute Gasteiger partial charge is 0.131 e. The fourth-order valence-electron chi connectivity index (χ4n) is 3.86. The summed E-state index contributed by atoms with van der Waals surface area (Å²) in [6.45, 7) is 3.98. The molecule has 5 heteroatoms. The number of benzene rings is 1. The highest BCUT2D eigenvalue weighted by Gasteiger charge is 2.23. The molecule has 0 bridgehead atoms. The van der Waals surface area contributed by atoms with Crippen LogP contribution in [0.1, 0.15) is 37.1 Å². The first kappa shape index (κ1) is 17.6. The molecular formula is C22H26N4O. The van der Waals surface area contributed by atoms with Crippen LogP contribution < -0.4 is 15.8 Å². The molecule has 2 aromatic heterocycles. The number of hydrogen-bond acceptors (Lipinski definition) is 5. The SMILES string of the molecule is Cc1cccc(N[C@H]2CC[C@H](Oc3cccc4nc(C)cc(N)c34)CC2)n1. The van der Waals surface area contributed by atoms with Gasteiger partial charge in [0, 0.05) is 23.1 Å². The van der Waals surface area contributed by atoms with E-state index in [4.69, 9.17) is 10.5 Å². The lowest BCUT2D eigenvalue weighted by Crippen LogP contribution is -2.31. The first-order chi connectivity index (χ1) is 13.1. The predicted octanol–water partition coefficient (Wildman–Crippen LogP) is 4.63. The van der Waals surface area contributed by atoms with Gasteiger partial charge >= 0.3 is 0 Å². The quantitative estimate of drug-likeness (QED) is 0.708. The molecule has 140 valence electrons. The van der Waals surface area contributed by atoms with Gasteiger partial charge in [-0.3, -0.25) is 4.98 Å². The van der Waals surface area contributed by atoms with Crippen molar-refractivity contribution in [2.24, 2.45) is 0 Å². The van der Waals surface area contributed by atoms with Gasteiger partial charge in [0.05, 0.1) is 17.0 Å². The van der Waals surface area contributed by atoms with E-state index in [1.54, 1.807) is 0 Å². The number of anilines is 2. The average molecular weight is 362 g/mol. The van der Waals surface area contributed by atoms with Crippen LogP contribution in [0.15, 0.2) is 42.5 Å². The van der Waals surface area contributed by atoms with Crippen molar-refractivity contribution in [3.8, 4) is 5.75 Å². The second kappa shape index (κ2) is 7.43. The van der Waals surface area contributed by atoms with E-state index >= 15 is 0 Å². The molecule has 0 radical (unpaired) electrons. The Morgan fingerprint density at radius 3 is 2.52 bits per heavy atom. The van der Waals surface area contributed by atoms with Crippen LogP contribution in [0.2, 0.25) is 0 Å². The summed E-state index contributed by atoms with van der Waals surface area (Å²) in [4.78, 5) is 9.12. The predicted molar refractivity (Wildman–Crippen MR) is 110 cm³/mol. The molecule has 5 nitrogen and oxygen atoms in total. The Hall–Kier alpha value is -2.82. The zero-order valence-electron chi connectivity index (χ0n) is 15.9. The average Bonchev–Trinajstić information content (AvgIpc) is 2.63. The summed E-state index contributed by atoms with van der Waals surface area (Å²) in [5, 5.41) is 4.48. The summed E-state index contributed by atoms with van der Waals surface area (Å²) in [6.07, 6.45) is 4.37. The van der Waals surface area contributed by atoms with Gasteiger partial charge in [-0.15, -0.1) is 0 Å². The van der Waals surface area contributed by atoms with Gasteiger partial charge in [0.25, 0.3) is 0 Å². The van der Waals surface area contributed by atoms with Gasteiger partial charge in [0.15, 0.2) is 0 Å². The molecule has 1 aliphatic carbocycles. The van der Waals surface area contributed by atoms with E-state index in [1.807, 2.05) is 56.3 Å². The van der Waals surface area contributed by atoms with Crippen LogP contribution in [0, 0.1) is 13.8 Å². The molecule has 27 heavy (non-hydrogen) atoms. The Bertz CT molecular complexity index is 948. The number of nitrogens with two attached hydrogens (primary N) is 1. The number of hydrogen-bond donors (Lipinski definition) is 2. The number of aryl methyl sites for hydroxylation is 2. The Kier molecular flexibility index (Phi) is 4.84. The molecule has 0 spiro atoms. The zero-order chi connectivity index (χ0) is 18.8. The van der Waals surface area contributed by atoms with Gasteiger partial charge in [-0.1, -0.05) is 12.1 Å². The Balaban J connectivity index is 1.42. The molecule has 0 aliphatic heterocycles. The van der Waals surface area contributed by atoms with Crippen LogP contribution in [-0.2, 0) is 0 Å². The van der Waals surface area contributed by atoms with Gasteiger partial charge in [0.1, 0.15) is 11.6 Å². The van der Waals surface area contributed by atoms with Gasteiger partial charge in [0.2, 0.25) is 0 Å². The molecule has 0 saturated heterocycles. The van der Waals surface area contributed by atoms with Crippen LogP contribution in [-0.4, -0.2) is 22.1 Å². The minimum Gasteiger partial charge on any atom is -0.490 e. The molecule has 1 fully saturated rings. The summed E-state index contributed by atoms with van der Waals surface area (Å²) in [5.74, 6) is 1.80. The van der Waals surface area contributed by atoms with Crippen molar-refractivity contribution < 1.29 is 4.74 Å². The number of pyridine rings is 2. The highest BCUT2D eigenvalue weighted by molar-refractivity contribution is 5.95. The first-order valence-electron chi connectivity index (χ1n) is 9.61. The normalized spacial score (nSPS) is 19.8. The van der Waals surface area contributed by atoms with E-state index in [-0.39, 0.29) is 6.10 Å². The van der Waals surface area contributed by atoms with Crippen molar-refractivity contribution in [1.29, 1.82) is 0 Å². The topological polar surface area (TPSA) is 73.1 Å². The Morgan fingerprint density at radius 1 is 0.963 bits per heavy atom. The fraction of sp³-hybridized carbons (Fsp3) is 0.364. The summed E-state index contributed by atoms with van der Waals surface area (Å²) < 4.78 is 6.34. The van der Waals surface area contributed by atoms with Crippen molar-refractivity contribution in [1.82, 2.24) is 9.97 Å². The molecule has 4 rings (SSSR count). The second-order valence-corrected chi connectivity index (χ2v) is 7.40. The maximum Gasteiger partial charge on any atom is 0.131 e. The molecule has 0 amide bonds. The van der Waals surface area contributed by atoms with Crippen molar-refractivity contribution in [2.45, 2.75) is 51.7 Å². The number of nitrogen functional groups attached to an aromatic ring is 1. The van der Waals surface area contributed by atoms with Crippen LogP contribution in [0.4, 0.5) is 11.5 Å². The maximum absolute atomic E-state index is 6.34. The van der Waals surface area contributed by atoms with E-state index in [0.717, 1.165) is 65.2 Å². The summed E-state index contributed by atoms with van der Waals surface area (Å²) >= 11 is 0. The van der Waals surface area contributed by atoms with Crippen molar-refractivity contribution in [2.75, 3.05) is 11.1 Å². The number of fused-ring (bicyclic) bond motifs is 1. The number of ether oxygens (including phenoxy) is 1. The third-order valence-corrected chi connectivity index (χ3v) is 5.16. The molecule has 3 N–H and O–H groups in total. The van der Waals surface area contributed by atoms with Crippen LogP contribution >= 0.6 is 0 Å². The molecule has 1 saturated carbocycles. The number of nitrogens with one attached hydrogen (secondary N) is 1. The van der Waals surface area contributed by atoms with Crippen molar-refractivity contribution in [3.63, 3.8) is 0 Å². The number of rotatable bonds is 4. The second-order valence-electron chi connectivity index (χ2n) is 7.40. The van der Waals surface area contributed by atoms with E-state index in [1.165, 1.54) is 0 Å². The van der Waals surface area contributed by atoms with E-state index in [2.05, 4.69) is 15.3 Å². The van der Waals surface area contributed by atoms with Gasteiger partial charge < -0.3 is 15.8 Å². The Labute approximate surface area is 160 Å². The molecule has 2 heterocycles. The number of nitrogens with zero attached hydrogens (tertiary/aromatic N) is 2. The molecule has 0 atom stereocenters. The summed E-state index contributed by atoms with van der Waals surface area (Å²) in [7, 11) is 0. The molecule has 1 aliphatic rings. The summed E-state index contributed by atoms with van der Waals surface area (Å²) in [6, 6.07) is 14.4. The molecular weight excluding hydrogens is 336 g/mol. The minimum absolute atomic E-state index is 0.208. The molecule has 3 aromatic rings. The van der Waals surface area contributed by atoms with E-state index in [9.17, 15) is 0 Å². The standard InChI is InChI=1S/C22H26N4O/c1-14-5-3-8-21(25-14)26-16-9-11-17(12-10-16)27-20-7-4-6-19-22(20)18(23)13-15(2)24-19/h3-8,13,16-17H,9-12H2,1-2H3,(H2,23,24)(H,25,26)/t16-,17-. The van der Waals surface area contributed by atoms with E-state index in [0.29, 0.717) is 6.04 Å². The molecule has 1 aromatic carbocycles. The highest BCUT2D eigenvalue weighted by Crippen LogP contribution is 2.33. The van der Waals surface area contributed by atoms with E-state index < -0.39 is 0 Å². The maximum atomic E-state index is 6.34. The van der Waals surface area contributed by atoms with Crippen molar-refractivity contribution >= 4 is 22.4 Å². The number of aromatic nitrogens is 2. The molecule has 0 unspecified atom stereocenters. The third-order valence-electron chi connectivity index (χ3n) is 5.16. The Morgan fingerprint density at radius 2 is 1.74 bits per heavy atom. The highest BCUT2D eigenvalue weighted by atomic mass is 16.5. The van der Waals surface area contributed by atoms with Crippen LogP contribution in [0.3, 0.4) is 0 Å². The monoisotopic (exact) mass is 362 g/mol. The lowest BCUT2D eigenvalue weighted by molar-refractivity contribution is 0.152. The van der Waals surface area contributed by atoms with Gasteiger partial charge in [-0.25, -0.2) is 4.98 Å². The van der Waals surface area contributed by atoms with Crippen LogP contribution in [0.5, 0.6) is 5.75 Å². The van der Waals surface area contributed by atoms with Gasteiger partial charge in [-0.05, 0) is 69.9 Å². The van der Waals surface area contributed by atoms with Crippen molar-refractivity contribution in [3.05, 3.63) is 53.9 Å². The van der Waals surface area contributed by atoms with Gasteiger partial charge in [-0.2, -0.15) is 0 Å². The van der Waals surface area contributed by atoms with Crippen LogP contribution in [0.25, 0.3) is 10.9 Å². The lowest BCUT2D eigenvalue weighted by atomic mass is 9.93. The third kappa shape index (κ3) is 3.97. The lowest BCUT2D eigenvalue weighted by Gasteiger charge is -2.30. The zero-order valence-corrected chi connectivity index (χ0v) is 15.9. The fourth-order valence-corrected chi connectivity index (χ4v) is 3.86. The summed E-state index contributed by atoms with van der Waals surface area (Å²) in [5.41, 5.74) is 9.83. The first-order valence-corrected chi connectivity index (χ1v) is 9.61.